The Bertz CT molecular complexity index is 907. The van der Waals surface area contributed by atoms with Gasteiger partial charge in [-0.2, -0.15) is 18.3 Å². The standard InChI is InChI=1S/C18H16F3N3O2/c1-3-26-14-8-7-12(10-15(14)25-2)17-22-16(23-24-17)11-5-4-6-13(9-11)18(19,20)21/h4-10H,3H2,1-2H3,(H,22,23,24). The van der Waals surface area contributed by atoms with Crippen molar-refractivity contribution < 1.29 is 22.6 Å². The molecule has 0 aliphatic carbocycles. The number of ether oxygens (including phenoxy) is 2. The van der Waals surface area contributed by atoms with Crippen LogP contribution in [0.4, 0.5) is 13.2 Å². The molecule has 0 amide bonds. The second-order valence-corrected chi connectivity index (χ2v) is 5.38. The third-order valence-electron chi connectivity index (χ3n) is 3.67. The van der Waals surface area contributed by atoms with E-state index < -0.39 is 11.7 Å². The number of hydrogen-bond acceptors (Lipinski definition) is 4. The number of hydrogen-bond donors (Lipinski definition) is 1. The molecule has 1 N–H and O–H groups in total. The zero-order valence-corrected chi connectivity index (χ0v) is 14.1. The van der Waals surface area contributed by atoms with Crippen LogP contribution in [-0.4, -0.2) is 28.9 Å². The van der Waals surface area contributed by atoms with Crippen molar-refractivity contribution in [2.24, 2.45) is 0 Å². The van der Waals surface area contributed by atoms with E-state index in [2.05, 4.69) is 15.2 Å². The molecule has 0 radical (unpaired) electrons. The molecule has 3 rings (SSSR count). The lowest BCUT2D eigenvalue weighted by Crippen LogP contribution is -2.04. The number of alkyl halides is 3. The summed E-state index contributed by atoms with van der Waals surface area (Å²) in [6, 6.07) is 10.1. The van der Waals surface area contributed by atoms with E-state index in [1.54, 1.807) is 18.2 Å². The van der Waals surface area contributed by atoms with Crippen LogP contribution in [0.3, 0.4) is 0 Å². The van der Waals surface area contributed by atoms with E-state index >= 15 is 0 Å². The normalized spacial score (nSPS) is 11.4. The molecule has 0 aliphatic rings. The highest BCUT2D eigenvalue weighted by Gasteiger charge is 2.30. The molecule has 8 heteroatoms. The van der Waals surface area contributed by atoms with Gasteiger partial charge in [0.05, 0.1) is 19.3 Å². The van der Waals surface area contributed by atoms with Crippen LogP contribution in [0.25, 0.3) is 22.8 Å². The zero-order chi connectivity index (χ0) is 18.7. The minimum atomic E-state index is -4.42. The quantitative estimate of drug-likeness (QED) is 0.722. The molecule has 3 aromatic rings. The average Bonchev–Trinajstić information content (AvgIpc) is 3.12. The van der Waals surface area contributed by atoms with Gasteiger partial charge in [0.25, 0.3) is 0 Å². The Morgan fingerprint density at radius 1 is 1.04 bits per heavy atom. The van der Waals surface area contributed by atoms with Crippen LogP contribution in [0.15, 0.2) is 42.5 Å². The van der Waals surface area contributed by atoms with Crippen molar-refractivity contribution in [1.82, 2.24) is 15.2 Å². The fourth-order valence-electron chi connectivity index (χ4n) is 2.44. The number of aromatic nitrogens is 3. The van der Waals surface area contributed by atoms with Gasteiger partial charge < -0.3 is 9.47 Å². The molecule has 0 fully saturated rings. The first-order valence-electron chi connectivity index (χ1n) is 7.83. The average molecular weight is 363 g/mol. The number of benzene rings is 2. The number of aromatic amines is 1. The number of rotatable bonds is 5. The van der Waals surface area contributed by atoms with Crippen molar-refractivity contribution in [3.63, 3.8) is 0 Å². The van der Waals surface area contributed by atoms with Gasteiger partial charge in [-0.3, -0.25) is 5.10 Å². The molecule has 0 unspecified atom stereocenters. The Morgan fingerprint density at radius 2 is 1.85 bits per heavy atom. The van der Waals surface area contributed by atoms with E-state index in [1.807, 2.05) is 6.92 Å². The lowest BCUT2D eigenvalue weighted by Gasteiger charge is -2.09. The van der Waals surface area contributed by atoms with Crippen molar-refractivity contribution in [1.29, 1.82) is 0 Å². The SMILES string of the molecule is CCOc1ccc(-c2nc(-c3cccc(C(F)(F)F)c3)n[nH]2)cc1OC. The van der Waals surface area contributed by atoms with Crippen LogP contribution < -0.4 is 9.47 Å². The predicted octanol–water partition coefficient (Wildman–Crippen LogP) is 4.56. The Hall–Kier alpha value is -3.03. The summed E-state index contributed by atoms with van der Waals surface area (Å²) >= 11 is 0. The van der Waals surface area contributed by atoms with Crippen molar-refractivity contribution >= 4 is 0 Å². The van der Waals surface area contributed by atoms with Gasteiger partial charge in [-0.15, -0.1) is 0 Å². The Labute approximate surface area is 147 Å². The number of nitrogens with zero attached hydrogens (tertiary/aromatic N) is 2. The minimum absolute atomic E-state index is 0.180. The molecule has 1 aromatic heterocycles. The van der Waals surface area contributed by atoms with Crippen LogP contribution in [0, 0.1) is 0 Å². The van der Waals surface area contributed by atoms with E-state index in [1.165, 1.54) is 19.2 Å². The van der Waals surface area contributed by atoms with Gasteiger partial charge in [0, 0.05) is 11.1 Å². The first-order chi connectivity index (χ1) is 12.4. The molecular formula is C18H16F3N3O2. The van der Waals surface area contributed by atoms with Gasteiger partial charge in [-0.25, -0.2) is 4.98 Å². The highest BCUT2D eigenvalue weighted by Crippen LogP contribution is 2.33. The first kappa shape index (κ1) is 17.8. The van der Waals surface area contributed by atoms with E-state index in [9.17, 15) is 13.2 Å². The second-order valence-electron chi connectivity index (χ2n) is 5.38. The highest BCUT2D eigenvalue weighted by molar-refractivity contribution is 5.64. The molecule has 136 valence electrons. The van der Waals surface area contributed by atoms with E-state index in [0.717, 1.165) is 12.1 Å². The Kier molecular flexibility index (Phi) is 4.83. The van der Waals surface area contributed by atoms with E-state index in [0.29, 0.717) is 29.5 Å². The van der Waals surface area contributed by atoms with Crippen molar-refractivity contribution in [3.05, 3.63) is 48.0 Å². The van der Waals surface area contributed by atoms with Crippen molar-refractivity contribution in [3.8, 4) is 34.3 Å². The van der Waals surface area contributed by atoms with Gasteiger partial charge in [-0.1, -0.05) is 12.1 Å². The summed E-state index contributed by atoms with van der Waals surface area (Å²) in [4.78, 5) is 4.29. The number of halogens is 3. The van der Waals surface area contributed by atoms with Gasteiger partial charge in [0.1, 0.15) is 0 Å². The molecule has 0 spiro atoms. The van der Waals surface area contributed by atoms with Crippen LogP contribution in [0.5, 0.6) is 11.5 Å². The summed E-state index contributed by atoms with van der Waals surface area (Å²) in [6.45, 7) is 2.36. The predicted molar refractivity (Wildman–Crippen MR) is 90.0 cm³/mol. The summed E-state index contributed by atoms with van der Waals surface area (Å²) in [7, 11) is 1.52. The van der Waals surface area contributed by atoms with Crippen LogP contribution >= 0.6 is 0 Å². The molecule has 5 nitrogen and oxygen atoms in total. The number of methoxy groups -OCH3 is 1. The molecule has 0 aliphatic heterocycles. The molecule has 0 bridgehead atoms. The van der Waals surface area contributed by atoms with Gasteiger partial charge in [0.2, 0.25) is 0 Å². The fourth-order valence-corrected chi connectivity index (χ4v) is 2.44. The maximum Gasteiger partial charge on any atom is 0.416 e. The minimum Gasteiger partial charge on any atom is -0.493 e. The summed E-state index contributed by atoms with van der Waals surface area (Å²) in [5.41, 5.74) is 0.209. The third kappa shape index (κ3) is 3.63. The number of nitrogens with one attached hydrogen (secondary N) is 1. The molecule has 0 saturated carbocycles. The third-order valence-corrected chi connectivity index (χ3v) is 3.67. The Morgan fingerprint density at radius 3 is 2.54 bits per heavy atom. The summed E-state index contributed by atoms with van der Waals surface area (Å²) in [5, 5.41) is 6.77. The molecular weight excluding hydrogens is 347 g/mol. The second kappa shape index (κ2) is 7.07. The first-order valence-corrected chi connectivity index (χ1v) is 7.83. The van der Waals surface area contributed by atoms with E-state index in [-0.39, 0.29) is 11.4 Å². The van der Waals surface area contributed by atoms with Crippen LogP contribution in [0.2, 0.25) is 0 Å². The summed E-state index contributed by atoms with van der Waals surface area (Å²) in [5.74, 6) is 1.72. The van der Waals surface area contributed by atoms with Gasteiger partial charge >= 0.3 is 6.18 Å². The molecule has 0 atom stereocenters. The van der Waals surface area contributed by atoms with Crippen molar-refractivity contribution in [2.75, 3.05) is 13.7 Å². The van der Waals surface area contributed by atoms with Crippen LogP contribution in [-0.2, 0) is 6.18 Å². The monoisotopic (exact) mass is 363 g/mol. The lowest BCUT2D eigenvalue weighted by molar-refractivity contribution is -0.137. The summed E-state index contributed by atoms with van der Waals surface area (Å²) < 4.78 is 49.3. The fraction of sp³-hybridized carbons (Fsp3) is 0.222. The summed E-state index contributed by atoms with van der Waals surface area (Å²) in [6.07, 6.45) is -4.42. The zero-order valence-electron chi connectivity index (χ0n) is 14.1. The van der Waals surface area contributed by atoms with Gasteiger partial charge in [0.15, 0.2) is 23.1 Å². The van der Waals surface area contributed by atoms with Crippen LogP contribution in [0.1, 0.15) is 12.5 Å². The molecule has 26 heavy (non-hydrogen) atoms. The maximum absolute atomic E-state index is 12.9. The Balaban J connectivity index is 1.93. The maximum atomic E-state index is 12.9. The highest BCUT2D eigenvalue weighted by atomic mass is 19.4. The van der Waals surface area contributed by atoms with E-state index in [4.69, 9.17) is 9.47 Å². The van der Waals surface area contributed by atoms with Gasteiger partial charge in [-0.05, 0) is 37.3 Å². The molecule has 1 heterocycles. The van der Waals surface area contributed by atoms with Crippen molar-refractivity contribution in [2.45, 2.75) is 13.1 Å². The molecule has 0 saturated heterocycles. The smallest absolute Gasteiger partial charge is 0.416 e. The topological polar surface area (TPSA) is 60.0 Å². The lowest BCUT2D eigenvalue weighted by atomic mass is 10.1. The molecule has 2 aromatic carbocycles. The number of H-pyrrole nitrogens is 1. The largest absolute Gasteiger partial charge is 0.493 e.